The fourth-order valence-electron chi connectivity index (χ4n) is 3.93. The van der Waals surface area contributed by atoms with Gasteiger partial charge in [-0.25, -0.2) is 0 Å². The number of rotatable bonds is 8. The van der Waals surface area contributed by atoms with E-state index in [9.17, 15) is 15.0 Å². The van der Waals surface area contributed by atoms with Crippen molar-refractivity contribution in [2.24, 2.45) is 11.8 Å². The number of aliphatic hydroxyl groups is 1. The van der Waals surface area contributed by atoms with E-state index in [1.165, 1.54) is 27.2 Å². The summed E-state index contributed by atoms with van der Waals surface area (Å²) in [6.07, 6.45) is -1.34. The minimum atomic E-state index is -0.885. The van der Waals surface area contributed by atoms with Gasteiger partial charge >= 0.3 is 5.97 Å². The van der Waals surface area contributed by atoms with Crippen molar-refractivity contribution in [3.05, 3.63) is 47.5 Å². The fourth-order valence-corrected chi connectivity index (χ4v) is 3.93. The number of carbonyl (C=O) groups excluding carboxylic acids is 1. The lowest BCUT2D eigenvalue weighted by Gasteiger charge is -2.27. The molecule has 4 atom stereocenters. The molecule has 1 heterocycles. The van der Waals surface area contributed by atoms with E-state index in [1.54, 1.807) is 37.4 Å². The third-order valence-corrected chi connectivity index (χ3v) is 5.57. The molecule has 1 aliphatic heterocycles. The Labute approximate surface area is 181 Å². The summed E-state index contributed by atoms with van der Waals surface area (Å²) in [5.74, 6) is 0.330. The minimum Gasteiger partial charge on any atom is -0.504 e. The van der Waals surface area contributed by atoms with Crippen molar-refractivity contribution in [1.29, 1.82) is 0 Å². The Hall–Kier alpha value is -2.97. The number of aliphatic hydroxyl groups excluding tert-OH is 1. The molecule has 8 nitrogen and oxygen atoms in total. The average molecular weight is 432 g/mol. The van der Waals surface area contributed by atoms with Gasteiger partial charge in [0.1, 0.15) is 0 Å². The van der Waals surface area contributed by atoms with Crippen molar-refractivity contribution >= 4 is 5.97 Å². The van der Waals surface area contributed by atoms with E-state index < -0.39 is 18.2 Å². The lowest BCUT2D eigenvalue weighted by molar-refractivity contribution is -0.143. The van der Waals surface area contributed by atoms with E-state index >= 15 is 0 Å². The first-order chi connectivity index (χ1) is 14.9. The van der Waals surface area contributed by atoms with Crippen LogP contribution in [0.2, 0.25) is 0 Å². The van der Waals surface area contributed by atoms with Crippen LogP contribution in [0.15, 0.2) is 36.4 Å². The Morgan fingerprint density at radius 1 is 1.06 bits per heavy atom. The van der Waals surface area contributed by atoms with Gasteiger partial charge in [-0.2, -0.15) is 0 Å². The molecule has 0 radical (unpaired) electrons. The summed E-state index contributed by atoms with van der Waals surface area (Å²) in [6, 6.07) is 10.2. The number of hydrogen-bond donors (Lipinski definition) is 2. The molecule has 31 heavy (non-hydrogen) atoms. The van der Waals surface area contributed by atoms with Crippen molar-refractivity contribution in [1.82, 2.24) is 0 Å². The molecule has 1 saturated heterocycles. The number of esters is 1. The molecule has 0 amide bonds. The van der Waals surface area contributed by atoms with Crippen LogP contribution in [-0.4, -0.2) is 50.7 Å². The molecule has 0 saturated carbocycles. The van der Waals surface area contributed by atoms with Crippen LogP contribution in [0.1, 0.15) is 30.3 Å². The second-order valence-electron chi connectivity index (χ2n) is 7.37. The van der Waals surface area contributed by atoms with Crippen LogP contribution >= 0.6 is 0 Å². The highest BCUT2D eigenvalue weighted by atomic mass is 16.5. The molecular formula is C23H28O8. The van der Waals surface area contributed by atoms with Gasteiger partial charge in [-0.1, -0.05) is 12.1 Å². The summed E-state index contributed by atoms with van der Waals surface area (Å²) < 4.78 is 27.2. The van der Waals surface area contributed by atoms with E-state index in [4.69, 9.17) is 23.7 Å². The number of carbonyl (C=O) groups is 1. The molecule has 1 fully saturated rings. The van der Waals surface area contributed by atoms with E-state index in [2.05, 4.69) is 0 Å². The lowest BCUT2D eigenvalue weighted by Crippen LogP contribution is -2.27. The number of benzene rings is 2. The quantitative estimate of drug-likeness (QED) is 0.614. The Kier molecular flexibility index (Phi) is 7.25. The molecule has 8 heteroatoms. The topological polar surface area (TPSA) is 104 Å². The zero-order valence-corrected chi connectivity index (χ0v) is 18.0. The van der Waals surface area contributed by atoms with Crippen molar-refractivity contribution in [3.8, 4) is 23.0 Å². The minimum absolute atomic E-state index is 0.0164. The van der Waals surface area contributed by atoms with Crippen LogP contribution in [-0.2, 0) is 14.3 Å². The van der Waals surface area contributed by atoms with Gasteiger partial charge in [0.15, 0.2) is 23.0 Å². The number of aromatic hydroxyl groups is 1. The summed E-state index contributed by atoms with van der Waals surface area (Å²) in [4.78, 5) is 11.5. The molecule has 0 bridgehead atoms. The van der Waals surface area contributed by atoms with E-state index in [0.29, 0.717) is 22.8 Å². The fraction of sp³-hybridized carbons (Fsp3) is 0.435. The zero-order chi connectivity index (χ0) is 22.5. The van der Waals surface area contributed by atoms with Gasteiger partial charge in [-0.05, 0) is 35.4 Å². The van der Waals surface area contributed by atoms with Crippen LogP contribution in [0.3, 0.4) is 0 Å². The Morgan fingerprint density at radius 3 is 2.42 bits per heavy atom. The molecule has 2 N–H and O–H groups in total. The largest absolute Gasteiger partial charge is 0.504 e. The van der Waals surface area contributed by atoms with Crippen LogP contribution in [0.5, 0.6) is 23.0 Å². The second kappa shape index (κ2) is 9.89. The maximum atomic E-state index is 11.5. The Morgan fingerprint density at radius 2 is 1.77 bits per heavy atom. The maximum Gasteiger partial charge on any atom is 0.302 e. The van der Waals surface area contributed by atoms with Gasteiger partial charge in [-0.15, -0.1) is 0 Å². The molecule has 1 aliphatic rings. The van der Waals surface area contributed by atoms with Gasteiger partial charge in [0.25, 0.3) is 0 Å². The maximum absolute atomic E-state index is 11.5. The normalized spacial score (nSPS) is 21.4. The smallest absolute Gasteiger partial charge is 0.302 e. The van der Waals surface area contributed by atoms with Gasteiger partial charge in [0, 0.05) is 18.8 Å². The molecule has 168 valence electrons. The second-order valence-corrected chi connectivity index (χ2v) is 7.37. The number of hydrogen-bond acceptors (Lipinski definition) is 8. The monoisotopic (exact) mass is 432 g/mol. The highest BCUT2D eigenvalue weighted by Crippen LogP contribution is 2.46. The van der Waals surface area contributed by atoms with Crippen molar-refractivity contribution < 1.29 is 38.7 Å². The number of phenolic OH excluding ortho intramolecular Hbond substituents is 1. The van der Waals surface area contributed by atoms with Crippen molar-refractivity contribution in [3.63, 3.8) is 0 Å². The van der Waals surface area contributed by atoms with E-state index in [0.717, 1.165) is 5.56 Å². The number of phenols is 1. The van der Waals surface area contributed by atoms with E-state index in [-0.39, 0.29) is 30.8 Å². The zero-order valence-electron chi connectivity index (χ0n) is 18.0. The lowest BCUT2D eigenvalue weighted by atomic mass is 9.82. The Bertz CT molecular complexity index is 912. The molecule has 3 rings (SSSR count). The molecular weight excluding hydrogens is 404 g/mol. The molecule has 2 aromatic carbocycles. The first-order valence-electron chi connectivity index (χ1n) is 9.91. The van der Waals surface area contributed by atoms with Crippen molar-refractivity contribution in [2.45, 2.75) is 19.1 Å². The highest BCUT2D eigenvalue weighted by molar-refractivity contribution is 5.65. The molecule has 0 aromatic heterocycles. The van der Waals surface area contributed by atoms with Gasteiger partial charge in [0.2, 0.25) is 0 Å². The molecule has 0 unspecified atom stereocenters. The summed E-state index contributed by atoms with van der Waals surface area (Å²) in [6.45, 7) is 1.68. The summed E-state index contributed by atoms with van der Waals surface area (Å²) in [5.41, 5.74) is 1.40. The van der Waals surface area contributed by atoms with E-state index in [1.807, 2.05) is 0 Å². The average Bonchev–Trinajstić information content (AvgIpc) is 3.20. The SMILES string of the molecule is COc1cc([C@@H]2OC[C@H]([C@H](O)c3ccc(OC)c(OC)c3)[C@H]2COC(C)=O)ccc1O. The number of ether oxygens (including phenoxy) is 5. The first kappa shape index (κ1) is 22.7. The van der Waals surface area contributed by atoms with Crippen LogP contribution in [0, 0.1) is 11.8 Å². The van der Waals surface area contributed by atoms with Crippen molar-refractivity contribution in [2.75, 3.05) is 34.5 Å². The standard InChI is InChI=1S/C23H28O8/c1-13(24)30-12-17-16(22(26)14-6-8-19(27-2)21(9-14)29-4)11-31-23(17)15-5-7-18(25)20(10-15)28-3/h5-10,16-17,22-23,25-26H,11-12H2,1-4H3/t16-,17+,22+,23-/m0/s1. The van der Waals surface area contributed by atoms with Crippen LogP contribution in [0.4, 0.5) is 0 Å². The molecule has 0 spiro atoms. The van der Waals surface area contributed by atoms with Crippen LogP contribution in [0.25, 0.3) is 0 Å². The predicted octanol–water partition coefficient (Wildman–Crippen LogP) is 3.02. The highest BCUT2D eigenvalue weighted by Gasteiger charge is 2.43. The molecule has 2 aromatic rings. The third kappa shape index (κ3) is 4.86. The Balaban J connectivity index is 1.91. The summed E-state index contributed by atoms with van der Waals surface area (Å²) >= 11 is 0. The van der Waals surface area contributed by atoms with Gasteiger partial charge < -0.3 is 33.9 Å². The van der Waals surface area contributed by atoms with Crippen LogP contribution < -0.4 is 14.2 Å². The number of methoxy groups -OCH3 is 3. The summed E-state index contributed by atoms with van der Waals surface area (Å²) in [5, 5.41) is 21.1. The van der Waals surface area contributed by atoms with Gasteiger partial charge in [-0.3, -0.25) is 4.79 Å². The predicted molar refractivity (Wildman–Crippen MR) is 111 cm³/mol. The summed E-state index contributed by atoms with van der Waals surface area (Å²) in [7, 11) is 4.54. The first-order valence-corrected chi connectivity index (χ1v) is 9.91. The molecule has 0 aliphatic carbocycles. The van der Waals surface area contributed by atoms with Gasteiger partial charge in [0.05, 0.1) is 46.8 Å². The third-order valence-electron chi connectivity index (χ3n) is 5.57.